The second-order valence-corrected chi connectivity index (χ2v) is 10.6. The third-order valence-electron chi connectivity index (χ3n) is 4.99. The van der Waals surface area contributed by atoms with Gasteiger partial charge >= 0.3 is 0 Å². The summed E-state index contributed by atoms with van der Waals surface area (Å²) in [5, 5.41) is 0. The second-order valence-electron chi connectivity index (χ2n) is 6.93. The quantitative estimate of drug-likeness (QED) is 0.274. The molecule has 0 atom stereocenters. The molecule has 6 heteroatoms. The average molecular weight is 455 g/mol. The molecule has 0 aliphatic heterocycles. The fourth-order valence-corrected chi connectivity index (χ4v) is 6.61. The maximum atomic E-state index is 5.68. The molecule has 0 amide bonds. The molecule has 4 rings (SSSR count). The van der Waals surface area contributed by atoms with Crippen molar-refractivity contribution in [1.29, 1.82) is 0 Å². The van der Waals surface area contributed by atoms with Crippen molar-refractivity contribution in [2.75, 3.05) is 0 Å². The van der Waals surface area contributed by atoms with Crippen molar-refractivity contribution in [3.8, 4) is 22.5 Å². The molecule has 29 heavy (non-hydrogen) atoms. The Morgan fingerprint density at radius 3 is 1.41 bits per heavy atom. The number of benzene rings is 2. The highest BCUT2D eigenvalue weighted by Gasteiger charge is 2.14. The Morgan fingerprint density at radius 2 is 1.03 bits per heavy atom. The van der Waals surface area contributed by atoms with E-state index in [0.29, 0.717) is 0 Å². The molecule has 0 saturated heterocycles. The van der Waals surface area contributed by atoms with Crippen molar-refractivity contribution in [2.45, 2.75) is 33.4 Å². The standard InChI is InChI=1S/C23H22N2S4/c1-16-20(18-10-5-3-6-11-18)24(22(26)28-16)14-9-15-25-21(17(2)29-23(25)27)19-12-7-4-8-13-19/h3-8,10-13H,9,14-15H2,1-2H3. The number of hydrogen-bond acceptors (Lipinski definition) is 4. The zero-order valence-electron chi connectivity index (χ0n) is 16.4. The van der Waals surface area contributed by atoms with Crippen molar-refractivity contribution in [2.24, 2.45) is 0 Å². The molecule has 4 aromatic rings. The minimum absolute atomic E-state index is 0.887. The summed E-state index contributed by atoms with van der Waals surface area (Å²) < 4.78 is 6.45. The maximum Gasteiger partial charge on any atom is 0.161 e. The van der Waals surface area contributed by atoms with E-state index in [4.69, 9.17) is 24.4 Å². The zero-order chi connectivity index (χ0) is 20.4. The molecule has 0 unspecified atom stereocenters. The summed E-state index contributed by atoms with van der Waals surface area (Å²) in [7, 11) is 0. The topological polar surface area (TPSA) is 9.86 Å². The van der Waals surface area contributed by atoms with Gasteiger partial charge in [-0.25, -0.2) is 0 Å². The molecule has 0 aliphatic carbocycles. The first-order valence-electron chi connectivity index (χ1n) is 9.57. The smallest absolute Gasteiger partial charge is 0.161 e. The van der Waals surface area contributed by atoms with E-state index >= 15 is 0 Å². The van der Waals surface area contributed by atoms with Gasteiger partial charge in [0.15, 0.2) is 7.91 Å². The third-order valence-corrected chi connectivity index (χ3v) is 7.72. The van der Waals surface area contributed by atoms with Gasteiger partial charge in [-0.3, -0.25) is 0 Å². The van der Waals surface area contributed by atoms with Crippen LogP contribution in [-0.2, 0) is 13.1 Å². The summed E-state index contributed by atoms with van der Waals surface area (Å²) in [5.74, 6) is 0. The van der Waals surface area contributed by atoms with E-state index in [0.717, 1.165) is 27.4 Å². The summed E-state index contributed by atoms with van der Waals surface area (Å²) in [5.41, 5.74) is 4.94. The molecule has 0 saturated carbocycles. The average Bonchev–Trinajstić information content (AvgIpc) is 3.17. The highest BCUT2D eigenvalue weighted by molar-refractivity contribution is 7.73. The van der Waals surface area contributed by atoms with Crippen LogP contribution in [0.3, 0.4) is 0 Å². The van der Waals surface area contributed by atoms with Crippen LogP contribution >= 0.6 is 47.1 Å². The molecule has 0 fully saturated rings. The fraction of sp³-hybridized carbons (Fsp3) is 0.217. The molecule has 0 aliphatic rings. The lowest BCUT2D eigenvalue weighted by Crippen LogP contribution is -2.07. The van der Waals surface area contributed by atoms with Crippen molar-refractivity contribution >= 4 is 47.1 Å². The number of aromatic nitrogens is 2. The van der Waals surface area contributed by atoms with Gasteiger partial charge in [0.25, 0.3) is 0 Å². The SMILES string of the molecule is Cc1sc(=S)n(CCCn2c(-c3ccccc3)c(C)sc2=S)c1-c1ccccc1. The summed E-state index contributed by atoms with van der Waals surface area (Å²) in [4.78, 5) is 2.54. The summed E-state index contributed by atoms with van der Waals surface area (Å²) in [6, 6.07) is 21.1. The van der Waals surface area contributed by atoms with Gasteiger partial charge in [-0.05, 0) is 55.8 Å². The summed E-state index contributed by atoms with van der Waals surface area (Å²) >= 11 is 14.8. The number of thiazole rings is 2. The summed E-state index contributed by atoms with van der Waals surface area (Å²) in [6.45, 7) is 6.09. The van der Waals surface area contributed by atoms with Crippen molar-refractivity contribution in [3.05, 3.63) is 78.3 Å². The van der Waals surface area contributed by atoms with Gasteiger partial charge in [-0.2, -0.15) is 0 Å². The minimum Gasteiger partial charge on any atom is -0.323 e. The molecule has 2 aromatic carbocycles. The number of hydrogen-bond donors (Lipinski definition) is 0. The highest BCUT2D eigenvalue weighted by atomic mass is 32.2. The fourth-order valence-electron chi connectivity index (χ4n) is 3.73. The van der Waals surface area contributed by atoms with Gasteiger partial charge in [0.2, 0.25) is 0 Å². The van der Waals surface area contributed by atoms with Crippen LogP contribution in [0.4, 0.5) is 0 Å². The lowest BCUT2D eigenvalue weighted by atomic mass is 10.1. The van der Waals surface area contributed by atoms with E-state index in [2.05, 4.69) is 83.6 Å². The predicted octanol–water partition coefficient (Wildman–Crippen LogP) is 7.91. The molecule has 0 spiro atoms. The van der Waals surface area contributed by atoms with E-state index in [1.807, 2.05) is 0 Å². The largest absolute Gasteiger partial charge is 0.323 e. The Morgan fingerprint density at radius 1 is 0.655 bits per heavy atom. The van der Waals surface area contributed by atoms with Crippen LogP contribution in [0.15, 0.2) is 60.7 Å². The highest BCUT2D eigenvalue weighted by Crippen LogP contribution is 2.31. The zero-order valence-corrected chi connectivity index (χ0v) is 19.7. The first-order valence-corrected chi connectivity index (χ1v) is 12.0. The van der Waals surface area contributed by atoms with E-state index in [1.54, 1.807) is 22.7 Å². The van der Waals surface area contributed by atoms with Crippen LogP contribution in [0.1, 0.15) is 16.2 Å². The van der Waals surface area contributed by atoms with Crippen molar-refractivity contribution in [3.63, 3.8) is 0 Å². The molecule has 148 valence electrons. The predicted molar refractivity (Wildman–Crippen MR) is 131 cm³/mol. The van der Waals surface area contributed by atoms with Crippen molar-refractivity contribution < 1.29 is 0 Å². The molecular formula is C23H22N2S4. The van der Waals surface area contributed by atoms with Gasteiger partial charge in [-0.1, -0.05) is 60.7 Å². The number of rotatable bonds is 6. The normalized spacial score (nSPS) is 11.1. The van der Waals surface area contributed by atoms with Crippen molar-refractivity contribution in [1.82, 2.24) is 9.13 Å². The van der Waals surface area contributed by atoms with Crippen LogP contribution in [0.2, 0.25) is 0 Å². The molecule has 0 radical (unpaired) electrons. The Bertz CT molecular complexity index is 1130. The Hall–Kier alpha value is -1.86. The molecule has 0 bridgehead atoms. The van der Waals surface area contributed by atoms with E-state index in [-0.39, 0.29) is 0 Å². The molecule has 2 heterocycles. The first-order chi connectivity index (χ1) is 14.1. The van der Waals surface area contributed by atoms with Gasteiger partial charge in [0.05, 0.1) is 11.4 Å². The lowest BCUT2D eigenvalue weighted by molar-refractivity contribution is 0.568. The van der Waals surface area contributed by atoms with Crippen LogP contribution in [-0.4, -0.2) is 9.13 Å². The van der Waals surface area contributed by atoms with Crippen LogP contribution < -0.4 is 0 Å². The van der Waals surface area contributed by atoms with Gasteiger partial charge < -0.3 is 9.13 Å². The monoisotopic (exact) mass is 454 g/mol. The maximum absolute atomic E-state index is 5.68. The molecule has 2 nitrogen and oxygen atoms in total. The Kier molecular flexibility index (Phi) is 6.25. The minimum atomic E-state index is 0.887. The Labute approximate surface area is 189 Å². The lowest BCUT2D eigenvalue weighted by Gasteiger charge is -2.13. The molecule has 0 N–H and O–H groups in total. The molecular weight excluding hydrogens is 433 g/mol. The van der Waals surface area contributed by atoms with E-state index < -0.39 is 0 Å². The van der Waals surface area contributed by atoms with E-state index in [9.17, 15) is 0 Å². The van der Waals surface area contributed by atoms with Gasteiger partial charge in [0, 0.05) is 22.8 Å². The van der Waals surface area contributed by atoms with Crippen LogP contribution in [0, 0.1) is 21.8 Å². The first kappa shape index (κ1) is 20.4. The Balaban J connectivity index is 1.61. The third kappa shape index (κ3) is 4.21. The van der Waals surface area contributed by atoms with Gasteiger partial charge in [0.1, 0.15) is 0 Å². The van der Waals surface area contributed by atoms with Crippen LogP contribution in [0.25, 0.3) is 22.5 Å². The summed E-state index contributed by atoms with van der Waals surface area (Å²) in [6.07, 6.45) is 0.981. The van der Waals surface area contributed by atoms with E-state index in [1.165, 1.54) is 32.3 Å². The van der Waals surface area contributed by atoms with Gasteiger partial charge in [-0.15, -0.1) is 22.7 Å². The van der Waals surface area contributed by atoms with Crippen LogP contribution in [0.5, 0.6) is 0 Å². The molecule has 2 aromatic heterocycles. The number of aryl methyl sites for hydroxylation is 2. The number of nitrogens with zero attached hydrogens (tertiary/aromatic N) is 2. The second kappa shape index (κ2) is 8.88.